The Hall–Kier alpha value is -2.34. The molecule has 0 bridgehead atoms. The molecular formula is C18H19F3N2O. The van der Waals surface area contributed by atoms with Gasteiger partial charge in [0.1, 0.15) is 0 Å². The van der Waals surface area contributed by atoms with Crippen LogP contribution in [0.15, 0.2) is 48.5 Å². The minimum Gasteiger partial charge on any atom is -0.325 e. The number of rotatable bonds is 5. The van der Waals surface area contributed by atoms with E-state index >= 15 is 0 Å². The molecule has 0 aromatic heterocycles. The summed E-state index contributed by atoms with van der Waals surface area (Å²) >= 11 is 0. The van der Waals surface area contributed by atoms with E-state index in [9.17, 15) is 18.0 Å². The Morgan fingerprint density at radius 3 is 2.29 bits per heavy atom. The normalized spacial score (nSPS) is 11.6. The lowest BCUT2D eigenvalue weighted by Gasteiger charge is -2.17. The summed E-state index contributed by atoms with van der Waals surface area (Å²) in [5.74, 6) is -0.272. The molecule has 2 aromatic rings. The quantitative estimate of drug-likeness (QED) is 0.892. The van der Waals surface area contributed by atoms with E-state index in [4.69, 9.17) is 0 Å². The Bertz CT molecular complexity index is 696. The zero-order valence-electron chi connectivity index (χ0n) is 13.5. The van der Waals surface area contributed by atoms with Gasteiger partial charge in [0.05, 0.1) is 12.1 Å². The first kappa shape index (κ1) is 18.0. The smallest absolute Gasteiger partial charge is 0.325 e. The second-order valence-electron chi connectivity index (χ2n) is 5.72. The average molecular weight is 336 g/mol. The summed E-state index contributed by atoms with van der Waals surface area (Å²) in [7, 11) is 1.82. The molecule has 0 unspecified atom stereocenters. The van der Waals surface area contributed by atoms with Gasteiger partial charge in [0.15, 0.2) is 0 Å². The van der Waals surface area contributed by atoms with Crippen molar-refractivity contribution in [3.05, 3.63) is 65.2 Å². The van der Waals surface area contributed by atoms with Gasteiger partial charge >= 0.3 is 6.18 Å². The summed E-state index contributed by atoms with van der Waals surface area (Å²) in [6.45, 7) is 2.77. The lowest BCUT2D eigenvalue weighted by molar-refractivity contribution is -0.137. The molecule has 3 nitrogen and oxygen atoms in total. The Morgan fingerprint density at radius 2 is 1.71 bits per heavy atom. The number of alkyl halides is 3. The largest absolute Gasteiger partial charge is 0.416 e. The fraction of sp³-hybridized carbons (Fsp3) is 0.278. The fourth-order valence-corrected chi connectivity index (χ4v) is 2.32. The van der Waals surface area contributed by atoms with Crippen LogP contribution in [0.1, 0.15) is 16.7 Å². The summed E-state index contributed by atoms with van der Waals surface area (Å²) in [4.78, 5) is 13.9. The van der Waals surface area contributed by atoms with Gasteiger partial charge in [-0.2, -0.15) is 13.2 Å². The van der Waals surface area contributed by atoms with Crippen LogP contribution in [0, 0.1) is 6.92 Å². The van der Waals surface area contributed by atoms with E-state index in [1.807, 2.05) is 43.1 Å². The van der Waals surface area contributed by atoms with Crippen LogP contribution in [0.25, 0.3) is 0 Å². The highest BCUT2D eigenvalue weighted by molar-refractivity contribution is 5.92. The lowest BCUT2D eigenvalue weighted by atomic mass is 10.1. The molecule has 0 aliphatic heterocycles. The molecule has 0 radical (unpaired) electrons. The summed E-state index contributed by atoms with van der Waals surface area (Å²) in [6.07, 6.45) is -4.38. The first-order chi connectivity index (χ1) is 11.3. The number of hydrogen-bond acceptors (Lipinski definition) is 2. The topological polar surface area (TPSA) is 32.3 Å². The molecular weight excluding hydrogens is 317 g/mol. The number of halogens is 3. The number of amides is 1. The SMILES string of the molecule is Cc1ccccc1CN(C)CC(=O)Nc1ccc(C(F)(F)F)cc1. The van der Waals surface area contributed by atoms with E-state index in [-0.39, 0.29) is 12.5 Å². The van der Waals surface area contributed by atoms with Crippen molar-refractivity contribution in [3.8, 4) is 0 Å². The van der Waals surface area contributed by atoms with Crippen molar-refractivity contribution < 1.29 is 18.0 Å². The molecule has 0 atom stereocenters. The highest BCUT2D eigenvalue weighted by atomic mass is 19.4. The molecule has 1 amide bonds. The van der Waals surface area contributed by atoms with Crippen molar-refractivity contribution in [2.45, 2.75) is 19.6 Å². The first-order valence-electron chi connectivity index (χ1n) is 7.46. The molecule has 6 heteroatoms. The standard InChI is InChI=1S/C18H19F3N2O/c1-13-5-3-4-6-14(13)11-23(2)12-17(24)22-16-9-7-15(8-10-16)18(19,20)21/h3-10H,11-12H2,1-2H3,(H,22,24). The van der Waals surface area contributed by atoms with E-state index in [2.05, 4.69) is 5.32 Å². The third kappa shape index (κ3) is 5.09. The van der Waals surface area contributed by atoms with E-state index < -0.39 is 11.7 Å². The molecule has 0 heterocycles. The van der Waals surface area contributed by atoms with Crippen molar-refractivity contribution >= 4 is 11.6 Å². The van der Waals surface area contributed by atoms with Crippen molar-refractivity contribution in [2.75, 3.05) is 18.9 Å². The molecule has 0 fully saturated rings. The van der Waals surface area contributed by atoms with Crippen LogP contribution >= 0.6 is 0 Å². The fourth-order valence-electron chi connectivity index (χ4n) is 2.32. The lowest BCUT2D eigenvalue weighted by Crippen LogP contribution is -2.30. The summed E-state index contributed by atoms with van der Waals surface area (Å²) in [6, 6.07) is 12.3. The highest BCUT2D eigenvalue weighted by Crippen LogP contribution is 2.29. The average Bonchev–Trinajstić information content (AvgIpc) is 2.49. The van der Waals surface area contributed by atoms with E-state index in [0.717, 1.165) is 23.3 Å². The maximum atomic E-state index is 12.5. The molecule has 128 valence electrons. The number of likely N-dealkylation sites (N-methyl/N-ethyl adjacent to an activating group) is 1. The Kier molecular flexibility index (Phi) is 5.62. The van der Waals surface area contributed by atoms with Crippen LogP contribution in [0.5, 0.6) is 0 Å². The molecule has 0 saturated carbocycles. The second-order valence-corrected chi connectivity index (χ2v) is 5.72. The molecule has 2 aromatic carbocycles. The molecule has 0 saturated heterocycles. The zero-order chi connectivity index (χ0) is 17.7. The van der Waals surface area contributed by atoms with Crippen molar-refractivity contribution in [3.63, 3.8) is 0 Å². The number of nitrogens with zero attached hydrogens (tertiary/aromatic N) is 1. The monoisotopic (exact) mass is 336 g/mol. The zero-order valence-corrected chi connectivity index (χ0v) is 13.5. The number of benzene rings is 2. The van der Waals surface area contributed by atoms with Crippen LogP contribution in [0.3, 0.4) is 0 Å². The van der Waals surface area contributed by atoms with Gasteiger partial charge in [-0.1, -0.05) is 24.3 Å². The Labute approximate surface area is 139 Å². The summed E-state index contributed by atoms with van der Waals surface area (Å²) in [5.41, 5.74) is 1.88. The van der Waals surface area contributed by atoms with Crippen LogP contribution in [0.4, 0.5) is 18.9 Å². The number of carbonyl (C=O) groups is 1. The van der Waals surface area contributed by atoms with Gasteiger partial charge in [0.25, 0.3) is 0 Å². The van der Waals surface area contributed by atoms with E-state index in [0.29, 0.717) is 12.2 Å². The molecule has 0 spiro atoms. The van der Waals surface area contributed by atoms with Crippen LogP contribution in [-0.2, 0) is 17.5 Å². The predicted molar refractivity (Wildman–Crippen MR) is 87.6 cm³/mol. The molecule has 2 rings (SSSR count). The van der Waals surface area contributed by atoms with E-state index in [1.54, 1.807) is 0 Å². The van der Waals surface area contributed by atoms with E-state index in [1.165, 1.54) is 12.1 Å². The maximum Gasteiger partial charge on any atom is 0.416 e. The molecule has 0 aliphatic carbocycles. The highest BCUT2D eigenvalue weighted by Gasteiger charge is 2.29. The van der Waals surface area contributed by atoms with Gasteiger partial charge in [-0.05, 0) is 49.4 Å². The minimum absolute atomic E-state index is 0.148. The third-order valence-corrected chi connectivity index (χ3v) is 3.61. The van der Waals surface area contributed by atoms with Crippen LogP contribution < -0.4 is 5.32 Å². The molecule has 1 N–H and O–H groups in total. The van der Waals surface area contributed by atoms with Gasteiger partial charge in [0.2, 0.25) is 5.91 Å². The molecule has 24 heavy (non-hydrogen) atoms. The summed E-state index contributed by atoms with van der Waals surface area (Å²) in [5, 5.41) is 2.60. The minimum atomic E-state index is -4.38. The number of nitrogens with one attached hydrogen (secondary N) is 1. The number of aryl methyl sites for hydroxylation is 1. The van der Waals surface area contributed by atoms with Crippen molar-refractivity contribution in [1.29, 1.82) is 0 Å². The Morgan fingerprint density at radius 1 is 1.08 bits per heavy atom. The second kappa shape index (κ2) is 7.49. The van der Waals surface area contributed by atoms with Gasteiger partial charge in [-0.3, -0.25) is 9.69 Å². The van der Waals surface area contributed by atoms with Gasteiger partial charge in [0, 0.05) is 12.2 Å². The molecule has 0 aliphatic rings. The first-order valence-corrected chi connectivity index (χ1v) is 7.46. The number of anilines is 1. The van der Waals surface area contributed by atoms with Gasteiger partial charge < -0.3 is 5.32 Å². The van der Waals surface area contributed by atoms with Crippen LogP contribution in [-0.4, -0.2) is 24.4 Å². The Balaban J connectivity index is 1.90. The number of hydrogen-bond donors (Lipinski definition) is 1. The van der Waals surface area contributed by atoms with Crippen LogP contribution in [0.2, 0.25) is 0 Å². The number of carbonyl (C=O) groups excluding carboxylic acids is 1. The van der Waals surface area contributed by atoms with Crippen molar-refractivity contribution in [2.24, 2.45) is 0 Å². The van der Waals surface area contributed by atoms with Gasteiger partial charge in [-0.15, -0.1) is 0 Å². The van der Waals surface area contributed by atoms with Gasteiger partial charge in [-0.25, -0.2) is 0 Å². The summed E-state index contributed by atoms with van der Waals surface area (Å²) < 4.78 is 37.5. The third-order valence-electron chi connectivity index (χ3n) is 3.61. The van der Waals surface area contributed by atoms with Crippen molar-refractivity contribution in [1.82, 2.24) is 4.90 Å². The predicted octanol–water partition coefficient (Wildman–Crippen LogP) is 4.08. The maximum absolute atomic E-state index is 12.5.